The van der Waals surface area contributed by atoms with Crippen molar-refractivity contribution in [2.24, 2.45) is 5.16 Å². The summed E-state index contributed by atoms with van der Waals surface area (Å²) in [6, 6.07) is 8.25. The average Bonchev–Trinajstić information content (AvgIpc) is 3.44. The number of carbonyl (C=O) groups is 1. The standard InChI is InChI=1S/C20H18FN7O3/c21-18-9-15(28-12-16(31-20(28)29)11-27-6-5-23-25-27)2-3-17(18)14-1-4-19(22-10-14)26-7-8-30-24-13-26/h1-6,9-10,13,16H,7-8,11-12H2/t16-/m0/s1. The molecule has 11 heteroatoms. The Morgan fingerprint density at radius 3 is 2.87 bits per heavy atom. The molecule has 2 aromatic heterocycles. The number of nitrogens with zero attached hydrogens (tertiary/aromatic N) is 7. The summed E-state index contributed by atoms with van der Waals surface area (Å²) in [5, 5.41) is 11.4. The van der Waals surface area contributed by atoms with Crippen LogP contribution in [0.1, 0.15) is 0 Å². The van der Waals surface area contributed by atoms with Crippen molar-refractivity contribution < 1.29 is 18.8 Å². The Morgan fingerprint density at radius 1 is 1.23 bits per heavy atom. The molecule has 1 amide bonds. The molecule has 0 unspecified atom stereocenters. The quantitative estimate of drug-likeness (QED) is 0.621. The van der Waals surface area contributed by atoms with Crippen molar-refractivity contribution in [3.05, 3.63) is 54.7 Å². The molecule has 0 saturated carbocycles. The van der Waals surface area contributed by atoms with Crippen molar-refractivity contribution in [3.63, 3.8) is 0 Å². The minimum Gasteiger partial charge on any atom is -0.442 e. The normalized spacial score (nSPS) is 18.2. The molecule has 3 aromatic rings. The molecule has 2 aliphatic heterocycles. The highest BCUT2D eigenvalue weighted by Gasteiger charge is 2.33. The molecule has 31 heavy (non-hydrogen) atoms. The van der Waals surface area contributed by atoms with Crippen LogP contribution in [0.5, 0.6) is 0 Å². The topological polar surface area (TPSA) is 98.0 Å². The summed E-state index contributed by atoms with van der Waals surface area (Å²) in [5.74, 6) is 0.249. The van der Waals surface area contributed by atoms with Gasteiger partial charge in [0.25, 0.3) is 0 Å². The van der Waals surface area contributed by atoms with Crippen molar-refractivity contribution in [1.82, 2.24) is 20.0 Å². The van der Waals surface area contributed by atoms with E-state index >= 15 is 0 Å². The summed E-state index contributed by atoms with van der Waals surface area (Å²) >= 11 is 0. The van der Waals surface area contributed by atoms with Gasteiger partial charge in [0, 0.05) is 23.5 Å². The molecule has 1 saturated heterocycles. The molecule has 0 radical (unpaired) electrons. The fourth-order valence-electron chi connectivity index (χ4n) is 3.50. The number of hydrogen-bond acceptors (Lipinski definition) is 8. The fourth-order valence-corrected chi connectivity index (χ4v) is 3.50. The fraction of sp³-hybridized carbons (Fsp3) is 0.250. The van der Waals surface area contributed by atoms with Gasteiger partial charge in [-0.2, -0.15) is 0 Å². The number of halogens is 1. The van der Waals surface area contributed by atoms with Crippen molar-refractivity contribution in [1.29, 1.82) is 0 Å². The maximum absolute atomic E-state index is 14.9. The number of hydrogen-bond donors (Lipinski definition) is 0. The van der Waals surface area contributed by atoms with Crippen molar-refractivity contribution in [2.75, 3.05) is 29.5 Å². The van der Waals surface area contributed by atoms with Crippen LogP contribution in [0, 0.1) is 5.82 Å². The average molecular weight is 423 g/mol. The predicted molar refractivity (Wildman–Crippen MR) is 109 cm³/mol. The van der Waals surface area contributed by atoms with E-state index in [1.165, 1.54) is 11.0 Å². The number of aromatic nitrogens is 4. The van der Waals surface area contributed by atoms with Crippen molar-refractivity contribution >= 4 is 23.9 Å². The van der Waals surface area contributed by atoms with Crippen LogP contribution in [0.2, 0.25) is 0 Å². The van der Waals surface area contributed by atoms with Crippen molar-refractivity contribution in [3.8, 4) is 11.1 Å². The third-order valence-electron chi connectivity index (χ3n) is 5.04. The summed E-state index contributed by atoms with van der Waals surface area (Å²) in [7, 11) is 0. The monoisotopic (exact) mass is 423 g/mol. The van der Waals surface area contributed by atoms with E-state index in [-0.39, 0.29) is 0 Å². The zero-order chi connectivity index (χ0) is 21.2. The first-order valence-electron chi connectivity index (χ1n) is 9.68. The highest BCUT2D eigenvalue weighted by molar-refractivity contribution is 5.90. The van der Waals surface area contributed by atoms with E-state index in [9.17, 15) is 9.18 Å². The van der Waals surface area contributed by atoms with Gasteiger partial charge in [0.15, 0.2) is 0 Å². The summed E-state index contributed by atoms with van der Waals surface area (Å²) in [5.41, 5.74) is 1.46. The molecule has 0 aliphatic carbocycles. The Kier molecular flexibility index (Phi) is 4.90. The molecule has 1 atom stereocenters. The molecule has 10 nitrogen and oxygen atoms in total. The number of carbonyl (C=O) groups excluding carboxylic acids is 1. The highest BCUT2D eigenvalue weighted by Crippen LogP contribution is 2.29. The number of rotatable bonds is 5. The first kappa shape index (κ1) is 19.0. The molecule has 0 spiro atoms. The lowest BCUT2D eigenvalue weighted by molar-refractivity contribution is 0.129. The minimum absolute atomic E-state index is 0.300. The van der Waals surface area contributed by atoms with Crippen LogP contribution in [-0.4, -0.2) is 58.2 Å². The van der Waals surface area contributed by atoms with E-state index in [1.807, 2.05) is 4.90 Å². The second-order valence-electron chi connectivity index (χ2n) is 7.06. The van der Waals surface area contributed by atoms with Gasteiger partial charge >= 0.3 is 6.09 Å². The van der Waals surface area contributed by atoms with Gasteiger partial charge < -0.3 is 14.5 Å². The first-order chi connectivity index (χ1) is 15.2. The Morgan fingerprint density at radius 2 is 2.16 bits per heavy atom. The summed E-state index contributed by atoms with van der Waals surface area (Å²) in [4.78, 5) is 24.9. The number of ether oxygens (including phenoxy) is 1. The van der Waals surface area contributed by atoms with E-state index in [0.717, 1.165) is 0 Å². The SMILES string of the molecule is O=C1O[C@@H](Cn2ccnn2)CN1c1ccc(-c2ccc(N3C=NOCC3)nc2)c(F)c1. The number of cyclic esters (lactones) is 1. The second-order valence-corrected chi connectivity index (χ2v) is 7.06. The molecule has 4 heterocycles. The second kappa shape index (κ2) is 8.01. The van der Waals surface area contributed by atoms with Crippen LogP contribution in [0.4, 0.5) is 20.7 Å². The van der Waals surface area contributed by atoms with Crippen molar-refractivity contribution in [2.45, 2.75) is 12.6 Å². The van der Waals surface area contributed by atoms with Crippen LogP contribution in [0.15, 0.2) is 54.1 Å². The zero-order valence-electron chi connectivity index (χ0n) is 16.3. The van der Waals surface area contributed by atoms with Gasteiger partial charge in [-0.3, -0.25) is 4.90 Å². The summed E-state index contributed by atoms with van der Waals surface area (Å²) in [6.07, 6.45) is 5.50. The van der Waals surface area contributed by atoms with Crippen LogP contribution < -0.4 is 9.80 Å². The molecule has 158 valence electrons. The lowest BCUT2D eigenvalue weighted by Crippen LogP contribution is -2.29. The number of benzene rings is 1. The van der Waals surface area contributed by atoms with E-state index in [4.69, 9.17) is 9.57 Å². The van der Waals surface area contributed by atoms with Gasteiger partial charge in [-0.15, -0.1) is 5.10 Å². The largest absolute Gasteiger partial charge is 0.442 e. The summed E-state index contributed by atoms with van der Waals surface area (Å²) in [6.45, 7) is 1.81. The Hall–Kier alpha value is -4.02. The molecule has 1 aromatic carbocycles. The highest BCUT2D eigenvalue weighted by atomic mass is 19.1. The summed E-state index contributed by atoms with van der Waals surface area (Å²) < 4.78 is 21.9. The molecule has 1 fully saturated rings. The van der Waals surface area contributed by atoms with Crippen LogP contribution in [-0.2, 0) is 16.1 Å². The van der Waals surface area contributed by atoms with E-state index in [2.05, 4.69) is 20.5 Å². The third kappa shape index (κ3) is 3.89. The Balaban J connectivity index is 1.31. The number of pyridine rings is 1. The van der Waals surface area contributed by atoms with Gasteiger partial charge in [-0.25, -0.2) is 18.9 Å². The van der Waals surface area contributed by atoms with Crippen LogP contribution >= 0.6 is 0 Å². The smallest absolute Gasteiger partial charge is 0.414 e. The van der Waals surface area contributed by atoms with Gasteiger partial charge in [0.05, 0.1) is 31.5 Å². The molecule has 5 rings (SSSR count). The van der Waals surface area contributed by atoms with Gasteiger partial charge in [-0.1, -0.05) is 10.4 Å². The lowest BCUT2D eigenvalue weighted by Gasteiger charge is -2.20. The number of amides is 1. The van der Waals surface area contributed by atoms with Crippen LogP contribution in [0.25, 0.3) is 11.1 Å². The van der Waals surface area contributed by atoms with Crippen LogP contribution in [0.3, 0.4) is 0 Å². The lowest BCUT2D eigenvalue weighted by atomic mass is 10.1. The molecule has 0 bridgehead atoms. The maximum atomic E-state index is 14.9. The minimum atomic E-state index is -0.518. The molecule has 0 N–H and O–H groups in total. The zero-order valence-corrected chi connectivity index (χ0v) is 16.3. The number of anilines is 2. The number of oxime groups is 1. The predicted octanol–water partition coefficient (Wildman–Crippen LogP) is 2.28. The molecular weight excluding hydrogens is 405 g/mol. The van der Waals surface area contributed by atoms with E-state index < -0.39 is 18.0 Å². The van der Waals surface area contributed by atoms with Gasteiger partial charge in [0.2, 0.25) is 0 Å². The Labute approximate surface area is 176 Å². The molecular formula is C20H18FN7O3. The van der Waals surface area contributed by atoms with E-state index in [1.54, 1.807) is 53.9 Å². The first-order valence-corrected chi connectivity index (χ1v) is 9.68. The van der Waals surface area contributed by atoms with Gasteiger partial charge in [0.1, 0.15) is 30.7 Å². The van der Waals surface area contributed by atoms with E-state index in [0.29, 0.717) is 48.9 Å². The third-order valence-corrected chi connectivity index (χ3v) is 5.04. The molecule has 2 aliphatic rings. The maximum Gasteiger partial charge on any atom is 0.414 e. The van der Waals surface area contributed by atoms with Gasteiger partial charge in [-0.05, 0) is 30.3 Å². The Bertz CT molecular complexity index is 1100.